The van der Waals surface area contributed by atoms with E-state index in [2.05, 4.69) is 4.98 Å². The molecule has 3 rings (SSSR count). The van der Waals surface area contributed by atoms with Crippen LogP contribution in [0.5, 0.6) is 0 Å². The Morgan fingerprint density at radius 3 is 2.82 bits per heavy atom. The van der Waals surface area contributed by atoms with Crippen molar-refractivity contribution in [2.75, 3.05) is 5.75 Å². The molecule has 22 heavy (non-hydrogen) atoms. The highest BCUT2D eigenvalue weighted by molar-refractivity contribution is 8.01. The Morgan fingerprint density at radius 1 is 1.36 bits per heavy atom. The van der Waals surface area contributed by atoms with E-state index in [0.29, 0.717) is 10.8 Å². The highest BCUT2D eigenvalue weighted by Crippen LogP contribution is 2.31. The highest BCUT2D eigenvalue weighted by Gasteiger charge is 2.15. The van der Waals surface area contributed by atoms with Gasteiger partial charge in [-0.3, -0.25) is 4.79 Å². The molecule has 0 unspecified atom stereocenters. The van der Waals surface area contributed by atoms with Gasteiger partial charge in [0.25, 0.3) is 0 Å². The van der Waals surface area contributed by atoms with Crippen molar-refractivity contribution in [1.82, 2.24) is 9.55 Å². The van der Waals surface area contributed by atoms with Crippen molar-refractivity contribution in [3.63, 3.8) is 0 Å². The van der Waals surface area contributed by atoms with Crippen LogP contribution in [-0.2, 0) is 7.05 Å². The first kappa shape index (κ1) is 15.6. The molecule has 0 aliphatic rings. The Hall–Kier alpha value is -1.30. The summed E-state index contributed by atoms with van der Waals surface area (Å²) in [5, 5.41) is 0.681. The molecule has 1 aromatic carbocycles. The van der Waals surface area contributed by atoms with Crippen LogP contribution in [0.1, 0.15) is 21.7 Å². The number of rotatable bonds is 4. The zero-order chi connectivity index (χ0) is 15.9. The minimum absolute atomic E-state index is 0.142. The largest absolute Gasteiger partial charge is 0.351 e. The Labute approximate surface area is 142 Å². The summed E-state index contributed by atoms with van der Waals surface area (Å²) in [6.07, 6.45) is 0. The zero-order valence-corrected chi connectivity index (χ0v) is 14.9. The van der Waals surface area contributed by atoms with Crippen LogP contribution in [0.15, 0.2) is 28.6 Å². The number of hydrogen-bond acceptors (Lipinski definition) is 4. The van der Waals surface area contributed by atoms with Gasteiger partial charge < -0.3 is 4.57 Å². The summed E-state index contributed by atoms with van der Waals surface area (Å²) in [7, 11) is 1.98. The van der Waals surface area contributed by atoms with Crippen LogP contribution in [-0.4, -0.2) is 21.1 Å². The minimum atomic E-state index is 0.142. The predicted octanol–water partition coefficient (Wildman–Crippen LogP) is 4.88. The van der Waals surface area contributed by atoms with Crippen molar-refractivity contribution in [3.8, 4) is 0 Å². The van der Waals surface area contributed by atoms with Crippen LogP contribution < -0.4 is 0 Å². The normalized spacial score (nSPS) is 11.3. The molecule has 6 heteroatoms. The third kappa shape index (κ3) is 2.93. The number of halogens is 1. The van der Waals surface area contributed by atoms with Gasteiger partial charge in [-0.1, -0.05) is 23.4 Å². The summed E-state index contributed by atoms with van der Waals surface area (Å²) >= 11 is 9.05. The van der Waals surface area contributed by atoms with Gasteiger partial charge in [0, 0.05) is 29.0 Å². The van der Waals surface area contributed by atoms with Crippen LogP contribution in [0.2, 0.25) is 5.02 Å². The molecule has 0 saturated heterocycles. The zero-order valence-electron chi connectivity index (χ0n) is 12.5. The molecule has 0 saturated carbocycles. The Kier molecular flexibility index (Phi) is 4.30. The van der Waals surface area contributed by atoms with Gasteiger partial charge in [-0.15, -0.1) is 11.3 Å². The molecule has 3 nitrogen and oxygen atoms in total. The molecule has 3 aromatic rings. The number of nitrogens with zero attached hydrogens (tertiary/aromatic N) is 2. The first-order chi connectivity index (χ1) is 10.5. The summed E-state index contributed by atoms with van der Waals surface area (Å²) in [6, 6.07) is 7.63. The van der Waals surface area contributed by atoms with E-state index in [1.807, 2.05) is 49.7 Å². The van der Waals surface area contributed by atoms with E-state index >= 15 is 0 Å². The van der Waals surface area contributed by atoms with Crippen molar-refractivity contribution in [3.05, 3.63) is 46.2 Å². The van der Waals surface area contributed by atoms with E-state index in [1.54, 1.807) is 11.3 Å². The number of Topliss-reactive ketones (excluding diaryl/α,β-unsaturated/α-hetero) is 1. The van der Waals surface area contributed by atoms with E-state index in [1.165, 1.54) is 11.8 Å². The summed E-state index contributed by atoms with van der Waals surface area (Å²) in [5.41, 5.74) is 3.80. The van der Waals surface area contributed by atoms with Crippen LogP contribution in [0, 0.1) is 13.8 Å². The van der Waals surface area contributed by atoms with Crippen molar-refractivity contribution in [1.29, 1.82) is 0 Å². The fraction of sp³-hybridized carbons (Fsp3) is 0.250. The standard InChI is InChI=1S/C16H15ClN2OS2/c1-9-6-12(10(2)19(9)3)14(20)8-21-16-18-13-7-11(17)4-5-15(13)22-16/h4-7H,8H2,1-3H3. The van der Waals surface area contributed by atoms with Crippen molar-refractivity contribution in [2.24, 2.45) is 7.05 Å². The smallest absolute Gasteiger partial charge is 0.174 e. The van der Waals surface area contributed by atoms with Crippen LogP contribution in [0.4, 0.5) is 0 Å². The maximum absolute atomic E-state index is 12.4. The highest BCUT2D eigenvalue weighted by atomic mass is 35.5. The number of thiazole rings is 1. The maximum Gasteiger partial charge on any atom is 0.174 e. The van der Waals surface area contributed by atoms with E-state index < -0.39 is 0 Å². The number of hydrogen-bond donors (Lipinski definition) is 0. The number of aromatic nitrogens is 2. The number of carbonyl (C=O) groups excluding carboxylic acids is 1. The topological polar surface area (TPSA) is 34.9 Å². The lowest BCUT2D eigenvalue weighted by Gasteiger charge is -2.01. The molecule has 0 bridgehead atoms. The number of carbonyl (C=O) groups is 1. The average Bonchev–Trinajstić information content (AvgIpc) is 3.00. The summed E-state index contributed by atoms with van der Waals surface area (Å²) in [5.74, 6) is 0.543. The molecule has 0 aliphatic carbocycles. The van der Waals surface area contributed by atoms with Gasteiger partial charge in [0.2, 0.25) is 0 Å². The minimum Gasteiger partial charge on any atom is -0.351 e. The molecule has 0 aliphatic heterocycles. The monoisotopic (exact) mass is 350 g/mol. The maximum atomic E-state index is 12.4. The molecule has 0 N–H and O–H groups in total. The molecular formula is C16H15ClN2OS2. The number of aryl methyl sites for hydroxylation is 1. The van der Waals surface area contributed by atoms with Crippen LogP contribution in [0.3, 0.4) is 0 Å². The summed E-state index contributed by atoms with van der Waals surface area (Å²) in [6.45, 7) is 3.98. The van der Waals surface area contributed by atoms with Gasteiger partial charge in [-0.05, 0) is 38.1 Å². The van der Waals surface area contributed by atoms with Gasteiger partial charge in [-0.2, -0.15) is 0 Å². The number of benzene rings is 1. The third-order valence-corrected chi connectivity index (χ3v) is 6.15. The second-order valence-electron chi connectivity index (χ2n) is 5.15. The van der Waals surface area contributed by atoms with E-state index in [4.69, 9.17) is 11.6 Å². The summed E-state index contributed by atoms with van der Waals surface area (Å²) in [4.78, 5) is 16.9. The van der Waals surface area contributed by atoms with Gasteiger partial charge >= 0.3 is 0 Å². The second kappa shape index (κ2) is 6.07. The van der Waals surface area contributed by atoms with Gasteiger partial charge in [-0.25, -0.2) is 4.98 Å². The van der Waals surface area contributed by atoms with Crippen molar-refractivity contribution < 1.29 is 4.79 Å². The molecule has 0 atom stereocenters. The third-order valence-electron chi connectivity index (χ3n) is 3.73. The SMILES string of the molecule is Cc1cc(C(=O)CSc2nc3cc(Cl)ccc3s2)c(C)n1C. The number of fused-ring (bicyclic) bond motifs is 1. The van der Waals surface area contributed by atoms with Gasteiger partial charge in [0.1, 0.15) is 0 Å². The Balaban J connectivity index is 1.75. The van der Waals surface area contributed by atoms with Crippen molar-refractivity contribution in [2.45, 2.75) is 18.2 Å². The fourth-order valence-electron chi connectivity index (χ4n) is 2.28. The Morgan fingerprint density at radius 2 is 2.14 bits per heavy atom. The van der Waals surface area contributed by atoms with E-state index in [0.717, 1.165) is 31.5 Å². The number of thioether (sulfide) groups is 1. The molecule has 0 fully saturated rings. The molecule has 114 valence electrons. The molecule has 0 amide bonds. The lowest BCUT2D eigenvalue weighted by Crippen LogP contribution is -2.04. The molecule has 0 spiro atoms. The quantitative estimate of drug-likeness (QED) is 0.497. The van der Waals surface area contributed by atoms with Gasteiger partial charge in [0.15, 0.2) is 10.1 Å². The summed E-state index contributed by atoms with van der Waals surface area (Å²) < 4.78 is 4.03. The molecule has 2 heterocycles. The first-order valence-corrected chi connectivity index (χ1v) is 8.98. The second-order valence-corrected chi connectivity index (χ2v) is 7.84. The predicted molar refractivity (Wildman–Crippen MR) is 94.6 cm³/mol. The lowest BCUT2D eigenvalue weighted by molar-refractivity contribution is 0.102. The lowest BCUT2D eigenvalue weighted by atomic mass is 10.2. The van der Waals surface area contributed by atoms with Crippen LogP contribution in [0.25, 0.3) is 10.2 Å². The first-order valence-electron chi connectivity index (χ1n) is 6.80. The van der Waals surface area contributed by atoms with Crippen LogP contribution >= 0.6 is 34.7 Å². The number of ketones is 1. The van der Waals surface area contributed by atoms with Crippen molar-refractivity contribution >= 4 is 50.7 Å². The Bertz CT molecular complexity index is 867. The van der Waals surface area contributed by atoms with E-state index in [-0.39, 0.29) is 5.78 Å². The molecule has 0 radical (unpaired) electrons. The van der Waals surface area contributed by atoms with Gasteiger partial charge in [0.05, 0.1) is 16.0 Å². The molecular weight excluding hydrogens is 336 g/mol. The van der Waals surface area contributed by atoms with E-state index in [9.17, 15) is 4.79 Å². The molecule has 2 aromatic heterocycles. The average molecular weight is 351 g/mol. The fourth-order valence-corrected chi connectivity index (χ4v) is 4.38.